The Kier molecular flexibility index (Phi) is 4.87. The number of aryl methyl sites for hydroxylation is 1. The molecule has 1 N–H and O–H groups in total. The topological polar surface area (TPSA) is 101 Å². The van der Waals surface area contributed by atoms with Gasteiger partial charge in [-0.1, -0.05) is 0 Å². The summed E-state index contributed by atoms with van der Waals surface area (Å²) in [7, 11) is 0. The van der Waals surface area contributed by atoms with Crippen molar-refractivity contribution < 1.29 is 9.72 Å². The zero-order chi connectivity index (χ0) is 17.8. The van der Waals surface area contributed by atoms with Crippen LogP contribution in [-0.2, 0) is 0 Å². The van der Waals surface area contributed by atoms with Crippen LogP contribution < -0.4 is 10.2 Å². The lowest BCUT2D eigenvalue weighted by Crippen LogP contribution is -2.30. The van der Waals surface area contributed by atoms with Crippen LogP contribution in [0.15, 0.2) is 30.3 Å². The van der Waals surface area contributed by atoms with Gasteiger partial charge in [0.2, 0.25) is 0 Å². The van der Waals surface area contributed by atoms with Gasteiger partial charge in [-0.2, -0.15) is 0 Å². The monoisotopic (exact) mass is 341 g/mol. The number of hydrogen-bond acceptors (Lipinski definition) is 6. The molecule has 2 heterocycles. The maximum absolute atomic E-state index is 12.3. The third kappa shape index (κ3) is 3.90. The van der Waals surface area contributed by atoms with E-state index in [1.807, 2.05) is 0 Å². The van der Waals surface area contributed by atoms with Gasteiger partial charge in [-0.15, -0.1) is 10.2 Å². The standard InChI is InChI=1S/C17H19N5O3/c1-12-11-13(22(24)25)5-6-14(12)18-17(23)15-7-8-16(20-19-15)21-9-3-2-4-10-21/h5-8,11H,2-4,9-10H2,1H3,(H,18,23). The van der Waals surface area contributed by atoms with Crippen molar-refractivity contribution >= 4 is 23.1 Å². The highest BCUT2D eigenvalue weighted by Crippen LogP contribution is 2.22. The summed E-state index contributed by atoms with van der Waals surface area (Å²) < 4.78 is 0. The SMILES string of the molecule is Cc1cc([N+](=O)[O-])ccc1NC(=O)c1ccc(N2CCCCC2)nn1. The summed E-state index contributed by atoms with van der Waals surface area (Å²) in [6.45, 7) is 3.62. The van der Waals surface area contributed by atoms with Gasteiger partial charge in [-0.3, -0.25) is 14.9 Å². The summed E-state index contributed by atoms with van der Waals surface area (Å²) in [5.41, 5.74) is 1.32. The molecule has 3 rings (SSSR count). The van der Waals surface area contributed by atoms with E-state index in [-0.39, 0.29) is 11.4 Å². The highest BCUT2D eigenvalue weighted by Gasteiger charge is 2.15. The van der Waals surface area contributed by atoms with Crippen LogP contribution in [0.2, 0.25) is 0 Å². The second-order valence-electron chi connectivity index (χ2n) is 6.03. The summed E-state index contributed by atoms with van der Waals surface area (Å²) in [5, 5.41) is 21.6. The smallest absolute Gasteiger partial charge is 0.276 e. The highest BCUT2D eigenvalue weighted by molar-refractivity contribution is 6.03. The number of non-ortho nitro benzene ring substituents is 1. The van der Waals surface area contributed by atoms with E-state index >= 15 is 0 Å². The summed E-state index contributed by atoms with van der Waals surface area (Å²) in [6, 6.07) is 7.73. The van der Waals surface area contributed by atoms with Crippen molar-refractivity contribution in [3.05, 3.63) is 51.7 Å². The van der Waals surface area contributed by atoms with Gasteiger partial charge in [0.15, 0.2) is 11.5 Å². The number of piperidine rings is 1. The molecule has 8 nitrogen and oxygen atoms in total. The van der Waals surface area contributed by atoms with Crippen molar-refractivity contribution in [2.45, 2.75) is 26.2 Å². The fourth-order valence-electron chi connectivity index (χ4n) is 2.83. The molecule has 25 heavy (non-hydrogen) atoms. The van der Waals surface area contributed by atoms with Crippen LogP contribution in [0.3, 0.4) is 0 Å². The number of hydrogen-bond donors (Lipinski definition) is 1. The van der Waals surface area contributed by atoms with Crippen molar-refractivity contribution in [1.82, 2.24) is 10.2 Å². The minimum Gasteiger partial charge on any atom is -0.355 e. The van der Waals surface area contributed by atoms with Crippen LogP contribution in [0.1, 0.15) is 35.3 Å². The molecule has 1 aromatic heterocycles. The Morgan fingerprint density at radius 3 is 2.52 bits per heavy atom. The molecule has 0 saturated carbocycles. The number of amides is 1. The lowest BCUT2D eigenvalue weighted by Gasteiger charge is -2.27. The Morgan fingerprint density at radius 1 is 1.16 bits per heavy atom. The molecule has 0 radical (unpaired) electrons. The number of carbonyl (C=O) groups is 1. The van der Waals surface area contributed by atoms with Gasteiger partial charge in [-0.25, -0.2) is 0 Å². The van der Waals surface area contributed by atoms with E-state index in [2.05, 4.69) is 20.4 Å². The van der Waals surface area contributed by atoms with Gasteiger partial charge >= 0.3 is 0 Å². The van der Waals surface area contributed by atoms with Gasteiger partial charge in [-0.05, 0) is 49.9 Å². The molecule has 130 valence electrons. The van der Waals surface area contributed by atoms with E-state index in [0.29, 0.717) is 11.3 Å². The van der Waals surface area contributed by atoms with Crippen LogP contribution in [0.4, 0.5) is 17.2 Å². The zero-order valence-electron chi connectivity index (χ0n) is 13.9. The zero-order valence-corrected chi connectivity index (χ0v) is 13.9. The molecule has 0 unspecified atom stereocenters. The van der Waals surface area contributed by atoms with E-state index in [1.54, 1.807) is 19.1 Å². The number of nitrogens with zero attached hydrogens (tertiary/aromatic N) is 4. The third-order valence-electron chi connectivity index (χ3n) is 4.23. The highest BCUT2D eigenvalue weighted by atomic mass is 16.6. The van der Waals surface area contributed by atoms with Crippen LogP contribution in [0, 0.1) is 17.0 Å². The Balaban J connectivity index is 1.70. The lowest BCUT2D eigenvalue weighted by molar-refractivity contribution is -0.384. The first-order chi connectivity index (χ1) is 12.0. The first-order valence-electron chi connectivity index (χ1n) is 8.19. The number of aromatic nitrogens is 2. The van der Waals surface area contributed by atoms with Crippen molar-refractivity contribution in [2.24, 2.45) is 0 Å². The Bertz CT molecular complexity index is 785. The molecular formula is C17H19N5O3. The predicted molar refractivity (Wildman–Crippen MR) is 93.9 cm³/mol. The van der Waals surface area contributed by atoms with Crippen molar-refractivity contribution in [3.8, 4) is 0 Å². The predicted octanol–water partition coefficient (Wildman–Crippen LogP) is 2.94. The minimum absolute atomic E-state index is 0.0128. The maximum Gasteiger partial charge on any atom is 0.276 e. The number of nitro groups is 1. The molecule has 2 aromatic rings. The van der Waals surface area contributed by atoms with Gasteiger partial charge in [0, 0.05) is 30.9 Å². The average molecular weight is 341 g/mol. The molecule has 0 bridgehead atoms. The summed E-state index contributed by atoms with van der Waals surface area (Å²) in [5.74, 6) is 0.386. The largest absolute Gasteiger partial charge is 0.355 e. The number of nitrogens with one attached hydrogen (secondary N) is 1. The fourth-order valence-corrected chi connectivity index (χ4v) is 2.83. The van der Waals surface area contributed by atoms with E-state index in [4.69, 9.17) is 0 Å². The first kappa shape index (κ1) is 16.8. The molecule has 1 amide bonds. The quantitative estimate of drug-likeness (QED) is 0.678. The van der Waals surface area contributed by atoms with Gasteiger partial charge in [0.05, 0.1) is 4.92 Å². The first-order valence-corrected chi connectivity index (χ1v) is 8.19. The average Bonchev–Trinajstić information content (AvgIpc) is 2.64. The third-order valence-corrected chi connectivity index (χ3v) is 4.23. The van der Waals surface area contributed by atoms with E-state index in [0.717, 1.165) is 31.7 Å². The second kappa shape index (κ2) is 7.25. The van der Waals surface area contributed by atoms with Crippen molar-refractivity contribution in [2.75, 3.05) is 23.3 Å². The molecule has 1 aromatic carbocycles. The van der Waals surface area contributed by atoms with Crippen LogP contribution in [0.5, 0.6) is 0 Å². The number of nitro benzene ring substituents is 1. The number of rotatable bonds is 4. The second-order valence-corrected chi connectivity index (χ2v) is 6.03. The maximum atomic E-state index is 12.3. The number of benzene rings is 1. The lowest BCUT2D eigenvalue weighted by atomic mass is 10.1. The summed E-state index contributed by atoms with van der Waals surface area (Å²) in [6.07, 6.45) is 3.52. The van der Waals surface area contributed by atoms with E-state index in [1.165, 1.54) is 24.6 Å². The molecule has 1 saturated heterocycles. The van der Waals surface area contributed by atoms with Crippen LogP contribution >= 0.6 is 0 Å². The Hall–Kier alpha value is -3.03. The molecule has 0 atom stereocenters. The number of carbonyl (C=O) groups excluding carboxylic acids is 1. The minimum atomic E-state index is -0.469. The van der Waals surface area contributed by atoms with Gasteiger partial charge in [0.25, 0.3) is 11.6 Å². The Labute approximate surface area is 145 Å². The fraction of sp³-hybridized carbons (Fsp3) is 0.353. The van der Waals surface area contributed by atoms with E-state index in [9.17, 15) is 14.9 Å². The van der Waals surface area contributed by atoms with Crippen molar-refractivity contribution in [3.63, 3.8) is 0 Å². The molecular weight excluding hydrogens is 322 g/mol. The number of anilines is 2. The Morgan fingerprint density at radius 2 is 1.92 bits per heavy atom. The molecule has 0 spiro atoms. The normalized spacial score (nSPS) is 14.2. The van der Waals surface area contributed by atoms with Crippen LogP contribution in [0.25, 0.3) is 0 Å². The van der Waals surface area contributed by atoms with Crippen LogP contribution in [-0.4, -0.2) is 34.1 Å². The summed E-state index contributed by atoms with van der Waals surface area (Å²) in [4.78, 5) is 24.8. The molecule has 0 aliphatic carbocycles. The molecule has 1 aliphatic heterocycles. The van der Waals surface area contributed by atoms with Crippen molar-refractivity contribution in [1.29, 1.82) is 0 Å². The van der Waals surface area contributed by atoms with E-state index < -0.39 is 10.8 Å². The van der Waals surface area contributed by atoms with Gasteiger partial charge < -0.3 is 10.2 Å². The molecule has 1 aliphatic rings. The molecule has 8 heteroatoms. The molecule has 1 fully saturated rings. The summed E-state index contributed by atoms with van der Waals surface area (Å²) >= 11 is 0. The van der Waals surface area contributed by atoms with Gasteiger partial charge in [0.1, 0.15) is 0 Å².